The highest BCUT2D eigenvalue weighted by molar-refractivity contribution is 6.32. The molecule has 0 aliphatic heterocycles. The fourth-order valence-electron chi connectivity index (χ4n) is 1.76. The SMILES string of the molecule is CCN(c1ccc(Cl)c(CCl)n1)C(C)COC. The maximum Gasteiger partial charge on any atom is 0.129 e. The lowest BCUT2D eigenvalue weighted by Crippen LogP contribution is -2.36. The molecule has 1 aromatic heterocycles. The zero-order chi connectivity index (χ0) is 12.8. The van der Waals surface area contributed by atoms with E-state index in [1.165, 1.54) is 0 Å². The predicted molar refractivity (Wildman–Crippen MR) is 73.2 cm³/mol. The molecule has 0 aliphatic rings. The van der Waals surface area contributed by atoms with Crippen molar-refractivity contribution in [3.63, 3.8) is 0 Å². The Kier molecular flexibility index (Phi) is 6.03. The lowest BCUT2D eigenvalue weighted by Gasteiger charge is -2.29. The zero-order valence-electron chi connectivity index (χ0n) is 10.4. The maximum absolute atomic E-state index is 5.99. The quantitative estimate of drug-likeness (QED) is 0.746. The average Bonchev–Trinajstić information content (AvgIpc) is 2.32. The second-order valence-electron chi connectivity index (χ2n) is 3.82. The van der Waals surface area contributed by atoms with Crippen molar-refractivity contribution >= 4 is 29.0 Å². The Morgan fingerprint density at radius 1 is 1.47 bits per heavy atom. The van der Waals surface area contributed by atoms with Gasteiger partial charge in [0.15, 0.2) is 0 Å². The van der Waals surface area contributed by atoms with Crippen molar-refractivity contribution in [1.82, 2.24) is 4.98 Å². The van der Waals surface area contributed by atoms with Gasteiger partial charge in [-0.3, -0.25) is 0 Å². The Morgan fingerprint density at radius 3 is 2.71 bits per heavy atom. The molecule has 1 atom stereocenters. The van der Waals surface area contributed by atoms with Gasteiger partial charge in [0.2, 0.25) is 0 Å². The van der Waals surface area contributed by atoms with E-state index in [-0.39, 0.29) is 6.04 Å². The van der Waals surface area contributed by atoms with Crippen molar-refractivity contribution in [3.05, 3.63) is 22.8 Å². The second kappa shape index (κ2) is 7.04. The van der Waals surface area contributed by atoms with Crippen molar-refractivity contribution in [2.24, 2.45) is 0 Å². The summed E-state index contributed by atoms with van der Waals surface area (Å²) < 4.78 is 5.17. The van der Waals surface area contributed by atoms with Gasteiger partial charge in [-0.1, -0.05) is 11.6 Å². The van der Waals surface area contributed by atoms with E-state index in [0.717, 1.165) is 12.4 Å². The van der Waals surface area contributed by atoms with Crippen LogP contribution >= 0.6 is 23.2 Å². The first-order valence-corrected chi connectivity index (χ1v) is 6.52. The van der Waals surface area contributed by atoms with E-state index < -0.39 is 0 Å². The number of hydrogen-bond acceptors (Lipinski definition) is 3. The normalized spacial score (nSPS) is 12.5. The summed E-state index contributed by atoms with van der Waals surface area (Å²) in [4.78, 5) is 6.63. The highest BCUT2D eigenvalue weighted by Crippen LogP contribution is 2.22. The smallest absolute Gasteiger partial charge is 0.129 e. The average molecular weight is 277 g/mol. The summed E-state index contributed by atoms with van der Waals surface area (Å²) in [5, 5.41) is 0.610. The first-order chi connectivity index (χ1) is 8.13. The molecule has 0 saturated heterocycles. The Balaban J connectivity index is 2.95. The molecular weight excluding hydrogens is 259 g/mol. The fraction of sp³-hybridized carbons (Fsp3) is 0.583. The van der Waals surface area contributed by atoms with E-state index >= 15 is 0 Å². The molecule has 1 rings (SSSR count). The molecule has 0 spiro atoms. The number of aromatic nitrogens is 1. The Bertz CT molecular complexity index is 360. The van der Waals surface area contributed by atoms with Crippen LogP contribution in [0.1, 0.15) is 19.5 Å². The van der Waals surface area contributed by atoms with Gasteiger partial charge in [0.05, 0.1) is 29.2 Å². The molecule has 0 N–H and O–H groups in total. The van der Waals surface area contributed by atoms with Crippen LogP contribution in [0.2, 0.25) is 5.02 Å². The molecule has 96 valence electrons. The van der Waals surface area contributed by atoms with Crippen molar-refractivity contribution in [2.45, 2.75) is 25.8 Å². The lowest BCUT2D eigenvalue weighted by molar-refractivity contribution is 0.181. The molecule has 0 bridgehead atoms. The number of rotatable bonds is 6. The molecule has 1 aromatic rings. The van der Waals surface area contributed by atoms with Crippen LogP contribution in [0.5, 0.6) is 0 Å². The van der Waals surface area contributed by atoms with Crippen LogP contribution in [-0.2, 0) is 10.6 Å². The molecule has 5 heteroatoms. The minimum Gasteiger partial charge on any atom is -0.383 e. The van der Waals surface area contributed by atoms with Crippen LogP contribution < -0.4 is 4.90 Å². The molecule has 17 heavy (non-hydrogen) atoms. The van der Waals surface area contributed by atoms with Crippen LogP contribution in [0.3, 0.4) is 0 Å². The fourth-order valence-corrected chi connectivity index (χ4v) is 2.20. The minimum atomic E-state index is 0.266. The van der Waals surface area contributed by atoms with Crippen LogP contribution in [0.25, 0.3) is 0 Å². The summed E-state index contributed by atoms with van der Waals surface area (Å²) in [5.74, 6) is 1.21. The van der Waals surface area contributed by atoms with Gasteiger partial charge in [-0.15, -0.1) is 11.6 Å². The zero-order valence-corrected chi connectivity index (χ0v) is 11.9. The summed E-state index contributed by atoms with van der Waals surface area (Å²) in [6.45, 7) is 5.71. The van der Waals surface area contributed by atoms with Gasteiger partial charge in [0.1, 0.15) is 5.82 Å². The Morgan fingerprint density at radius 2 is 2.18 bits per heavy atom. The molecule has 0 radical (unpaired) electrons. The van der Waals surface area contributed by atoms with Gasteiger partial charge in [-0.05, 0) is 26.0 Å². The van der Waals surface area contributed by atoms with Gasteiger partial charge in [-0.25, -0.2) is 4.98 Å². The summed E-state index contributed by atoms with van der Waals surface area (Å²) in [5.41, 5.74) is 0.717. The van der Waals surface area contributed by atoms with Crippen molar-refractivity contribution < 1.29 is 4.74 Å². The number of alkyl halides is 1. The van der Waals surface area contributed by atoms with Crippen molar-refractivity contribution in [2.75, 3.05) is 25.2 Å². The topological polar surface area (TPSA) is 25.4 Å². The van der Waals surface area contributed by atoms with Gasteiger partial charge in [0.25, 0.3) is 0 Å². The van der Waals surface area contributed by atoms with Crippen LogP contribution in [-0.4, -0.2) is 31.3 Å². The van der Waals surface area contributed by atoms with Gasteiger partial charge in [-0.2, -0.15) is 0 Å². The lowest BCUT2D eigenvalue weighted by atomic mass is 10.2. The molecule has 1 heterocycles. The number of methoxy groups -OCH3 is 1. The molecule has 3 nitrogen and oxygen atoms in total. The van der Waals surface area contributed by atoms with E-state index in [4.69, 9.17) is 27.9 Å². The van der Waals surface area contributed by atoms with E-state index in [9.17, 15) is 0 Å². The summed E-state index contributed by atoms with van der Waals surface area (Å²) in [6, 6.07) is 4.01. The maximum atomic E-state index is 5.99. The third kappa shape index (κ3) is 3.73. The predicted octanol–water partition coefficient (Wildman–Crippen LogP) is 3.34. The first kappa shape index (κ1) is 14.6. The third-order valence-corrected chi connectivity index (χ3v) is 3.20. The number of anilines is 1. The molecule has 0 aliphatic carbocycles. The van der Waals surface area contributed by atoms with E-state index in [1.54, 1.807) is 7.11 Å². The monoisotopic (exact) mass is 276 g/mol. The van der Waals surface area contributed by atoms with Crippen molar-refractivity contribution in [3.8, 4) is 0 Å². The molecular formula is C12H18Cl2N2O. The number of nitrogens with zero attached hydrogens (tertiary/aromatic N) is 2. The number of pyridine rings is 1. The minimum absolute atomic E-state index is 0.266. The van der Waals surface area contributed by atoms with Gasteiger partial charge in [0, 0.05) is 13.7 Å². The summed E-state index contributed by atoms with van der Waals surface area (Å²) in [7, 11) is 1.70. The Hall–Kier alpha value is -0.510. The summed E-state index contributed by atoms with van der Waals surface area (Å²) in [6.07, 6.45) is 0. The van der Waals surface area contributed by atoms with E-state index in [2.05, 4.69) is 23.7 Å². The van der Waals surface area contributed by atoms with Crippen LogP contribution in [0, 0.1) is 0 Å². The van der Waals surface area contributed by atoms with Crippen LogP contribution in [0.4, 0.5) is 5.82 Å². The highest BCUT2D eigenvalue weighted by Gasteiger charge is 2.15. The second-order valence-corrected chi connectivity index (χ2v) is 4.50. The van der Waals surface area contributed by atoms with E-state index in [1.807, 2.05) is 12.1 Å². The number of ether oxygens (including phenoxy) is 1. The van der Waals surface area contributed by atoms with E-state index in [0.29, 0.717) is 23.2 Å². The van der Waals surface area contributed by atoms with Gasteiger partial charge < -0.3 is 9.64 Å². The number of hydrogen-bond donors (Lipinski definition) is 0. The number of halogens is 2. The van der Waals surface area contributed by atoms with Crippen molar-refractivity contribution in [1.29, 1.82) is 0 Å². The summed E-state index contributed by atoms with van der Waals surface area (Å²) >= 11 is 11.8. The standard InChI is InChI=1S/C12H18Cl2N2O/c1-4-16(9(2)8-17-3)12-6-5-10(14)11(7-13)15-12/h5-6,9H,4,7-8H2,1-3H3. The Labute approximate surface area is 113 Å². The molecule has 0 fully saturated rings. The molecule has 0 aromatic carbocycles. The highest BCUT2D eigenvalue weighted by atomic mass is 35.5. The molecule has 0 saturated carbocycles. The van der Waals surface area contributed by atoms with Crippen LogP contribution in [0.15, 0.2) is 12.1 Å². The third-order valence-electron chi connectivity index (χ3n) is 2.61. The molecule has 1 unspecified atom stereocenters. The largest absolute Gasteiger partial charge is 0.383 e. The molecule has 0 amide bonds. The van der Waals surface area contributed by atoms with Gasteiger partial charge >= 0.3 is 0 Å². The first-order valence-electron chi connectivity index (χ1n) is 5.61. The number of likely N-dealkylation sites (N-methyl/N-ethyl adjacent to an activating group) is 1.